The monoisotopic (exact) mass is 419 g/mol. The second-order valence-electron chi connectivity index (χ2n) is 7.79. The van der Waals surface area contributed by atoms with E-state index in [1.165, 1.54) is 25.9 Å². The van der Waals surface area contributed by atoms with E-state index < -0.39 is 0 Å². The molecule has 1 aromatic carbocycles. The SMILES string of the molecule is CCOc1ccc(C(=O)NCC(=O)NCCCCN2CCC(C)CC2)cc1OCC. The van der Waals surface area contributed by atoms with Crippen molar-refractivity contribution in [3.8, 4) is 11.5 Å². The van der Waals surface area contributed by atoms with Gasteiger partial charge in [0.25, 0.3) is 5.91 Å². The van der Waals surface area contributed by atoms with Gasteiger partial charge in [-0.2, -0.15) is 0 Å². The Balaban J connectivity index is 1.65. The molecule has 1 aromatic rings. The second kappa shape index (κ2) is 13.1. The maximum Gasteiger partial charge on any atom is 0.251 e. The van der Waals surface area contributed by atoms with Crippen molar-refractivity contribution < 1.29 is 19.1 Å². The minimum absolute atomic E-state index is 0.0416. The highest BCUT2D eigenvalue weighted by Gasteiger charge is 2.15. The number of hydrogen-bond acceptors (Lipinski definition) is 5. The van der Waals surface area contributed by atoms with Crippen LogP contribution in [0.4, 0.5) is 0 Å². The number of rotatable bonds is 12. The molecule has 2 N–H and O–H groups in total. The minimum atomic E-state index is -0.312. The summed E-state index contributed by atoms with van der Waals surface area (Å²) in [6, 6.07) is 5.03. The van der Waals surface area contributed by atoms with E-state index in [2.05, 4.69) is 22.5 Å². The first-order valence-corrected chi connectivity index (χ1v) is 11.2. The lowest BCUT2D eigenvalue weighted by Crippen LogP contribution is -2.37. The van der Waals surface area contributed by atoms with Crippen LogP contribution in [0.15, 0.2) is 18.2 Å². The maximum atomic E-state index is 12.4. The normalized spacial score (nSPS) is 14.9. The molecule has 2 rings (SSSR count). The molecule has 1 fully saturated rings. The summed E-state index contributed by atoms with van der Waals surface area (Å²) in [5.41, 5.74) is 0.436. The van der Waals surface area contributed by atoms with Crippen LogP contribution in [0.1, 0.15) is 56.8 Å². The molecule has 168 valence electrons. The topological polar surface area (TPSA) is 79.9 Å². The lowest BCUT2D eigenvalue weighted by molar-refractivity contribution is -0.120. The standard InChI is InChI=1S/C23H37N3O4/c1-4-29-20-9-8-19(16-21(20)30-5-2)23(28)25-17-22(27)24-12-6-7-13-26-14-10-18(3)11-15-26/h8-9,16,18H,4-7,10-15,17H2,1-3H3,(H,24,27)(H,25,28). The van der Waals surface area contributed by atoms with E-state index >= 15 is 0 Å². The van der Waals surface area contributed by atoms with Crippen LogP contribution in [0.5, 0.6) is 11.5 Å². The Bertz CT molecular complexity index is 672. The fraction of sp³-hybridized carbons (Fsp3) is 0.652. The molecule has 0 aliphatic carbocycles. The summed E-state index contributed by atoms with van der Waals surface area (Å²) < 4.78 is 11.0. The van der Waals surface area contributed by atoms with Gasteiger partial charge in [0.2, 0.25) is 5.91 Å². The molecule has 0 saturated carbocycles. The third kappa shape index (κ3) is 8.22. The van der Waals surface area contributed by atoms with E-state index in [-0.39, 0.29) is 18.4 Å². The summed E-state index contributed by atoms with van der Waals surface area (Å²) in [6.07, 6.45) is 4.60. The summed E-state index contributed by atoms with van der Waals surface area (Å²) in [6.45, 7) is 11.2. The molecule has 0 unspecified atom stereocenters. The third-order valence-electron chi connectivity index (χ3n) is 5.31. The number of nitrogens with one attached hydrogen (secondary N) is 2. The Kier molecular flexibility index (Phi) is 10.5. The molecule has 1 saturated heterocycles. The first-order valence-electron chi connectivity index (χ1n) is 11.2. The second-order valence-corrected chi connectivity index (χ2v) is 7.79. The average molecular weight is 420 g/mol. The molecule has 0 aromatic heterocycles. The van der Waals surface area contributed by atoms with Crippen LogP contribution >= 0.6 is 0 Å². The number of hydrogen-bond donors (Lipinski definition) is 2. The van der Waals surface area contributed by atoms with Crippen molar-refractivity contribution >= 4 is 11.8 Å². The lowest BCUT2D eigenvalue weighted by atomic mass is 9.99. The van der Waals surface area contributed by atoms with Gasteiger partial charge >= 0.3 is 0 Å². The molecule has 1 aliphatic rings. The van der Waals surface area contributed by atoms with Crippen molar-refractivity contribution in [1.82, 2.24) is 15.5 Å². The first-order chi connectivity index (χ1) is 14.5. The Labute approximate surface area is 180 Å². The fourth-order valence-electron chi connectivity index (χ4n) is 3.49. The van der Waals surface area contributed by atoms with Crippen LogP contribution in [-0.4, -0.2) is 62.7 Å². The number of likely N-dealkylation sites (tertiary alicyclic amines) is 1. The van der Waals surface area contributed by atoms with Crippen LogP contribution in [0.3, 0.4) is 0 Å². The van der Waals surface area contributed by atoms with Crippen LogP contribution in [-0.2, 0) is 4.79 Å². The molecule has 1 heterocycles. The highest BCUT2D eigenvalue weighted by Crippen LogP contribution is 2.28. The van der Waals surface area contributed by atoms with Crippen LogP contribution in [0.25, 0.3) is 0 Å². The maximum absolute atomic E-state index is 12.4. The molecule has 0 atom stereocenters. The van der Waals surface area contributed by atoms with Crippen molar-refractivity contribution in [3.05, 3.63) is 23.8 Å². The molecule has 7 nitrogen and oxygen atoms in total. The molecule has 1 aliphatic heterocycles. The highest BCUT2D eigenvalue weighted by molar-refractivity contribution is 5.97. The number of benzene rings is 1. The molecular formula is C23H37N3O4. The number of nitrogens with zero attached hydrogens (tertiary/aromatic N) is 1. The number of ether oxygens (including phenoxy) is 2. The van der Waals surface area contributed by atoms with Crippen molar-refractivity contribution in [2.45, 2.75) is 46.5 Å². The predicted octanol–water partition coefficient (Wildman–Crippen LogP) is 2.84. The molecule has 30 heavy (non-hydrogen) atoms. The van der Waals surface area contributed by atoms with Gasteiger partial charge in [0.15, 0.2) is 11.5 Å². The molecule has 0 bridgehead atoms. The summed E-state index contributed by atoms with van der Waals surface area (Å²) in [5, 5.41) is 5.54. The zero-order chi connectivity index (χ0) is 21.8. The number of carbonyl (C=O) groups is 2. The van der Waals surface area contributed by atoms with Gasteiger partial charge in [0, 0.05) is 12.1 Å². The van der Waals surface area contributed by atoms with Crippen molar-refractivity contribution in [2.24, 2.45) is 5.92 Å². The minimum Gasteiger partial charge on any atom is -0.490 e. The van der Waals surface area contributed by atoms with E-state index in [1.54, 1.807) is 18.2 Å². The molecular weight excluding hydrogens is 382 g/mol. The van der Waals surface area contributed by atoms with E-state index in [9.17, 15) is 9.59 Å². The first kappa shape index (κ1) is 24.0. The molecule has 7 heteroatoms. The molecule has 2 amide bonds. The summed E-state index contributed by atoms with van der Waals surface area (Å²) in [5.74, 6) is 1.50. The highest BCUT2D eigenvalue weighted by atomic mass is 16.5. The van der Waals surface area contributed by atoms with Gasteiger partial charge in [-0.05, 0) is 83.3 Å². The largest absolute Gasteiger partial charge is 0.490 e. The van der Waals surface area contributed by atoms with Gasteiger partial charge in [0.1, 0.15) is 0 Å². The quantitative estimate of drug-likeness (QED) is 0.509. The lowest BCUT2D eigenvalue weighted by Gasteiger charge is -2.30. The number of carbonyl (C=O) groups excluding carboxylic acids is 2. The smallest absolute Gasteiger partial charge is 0.251 e. The van der Waals surface area contributed by atoms with Gasteiger partial charge in [-0.1, -0.05) is 6.92 Å². The number of amides is 2. The Morgan fingerprint density at radius 3 is 2.43 bits per heavy atom. The van der Waals surface area contributed by atoms with Crippen LogP contribution < -0.4 is 20.1 Å². The summed E-state index contributed by atoms with van der Waals surface area (Å²) in [7, 11) is 0. The molecule has 0 radical (unpaired) electrons. The van der Waals surface area contributed by atoms with E-state index in [0.717, 1.165) is 25.3 Å². The Morgan fingerprint density at radius 1 is 1.03 bits per heavy atom. The van der Waals surface area contributed by atoms with Gasteiger partial charge in [-0.15, -0.1) is 0 Å². The predicted molar refractivity (Wildman–Crippen MR) is 118 cm³/mol. The Morgan fingerprint density at radius 2 is 1.73 bits per heavy atom. The average Bonchev–Trinajstić information content (AvgIpc) is 2.74. The zero-order valence-corrected chi connectivity index (χ0v) is 18.7. The van der Waals surface area contributed by atoms with E-state index in [1.807, 2.05) is 13.8 Å². The van der Waals surface area contributed by atoms with Crippen LogP contribution in [0, 0.1) is 5.92 Å². The van der Waals surface area contributed by atoms with Gasteiger partial charge in [-0.25, -0.2) is 0 Å². The number of piperidine rings is 1. The van der Waals surface area contributed by atoms with Gasteiger partial charge < -0.3 is 25.0 Å². The van der Waals surface area contributed by atoms with E-state index in [4.69, 9.17) is 9.47 Å². The third-order valence-corrected chi connectivity index (χ3v) is 5.31. The Hall–Kier alpha value is -2.28. The van der Waals surface area contributed by atoms with Crippen LogP contribution in [0.2, 0.25) is 0 Å². The van der Waals surface area contributed by atoms with Gasteiger partial charge in [-0.3, -0.25) is 9.59 Å². The van der Waals surface area contributed by atoms with E-state index in [0.29, 0.717) is 36.8 Å². The van der Waals surface area contributed by atoms with Crippen molar-refractivity contribution in [1.29, 1.82) is 0 Å². The number of unbranched alkanes of at least 4 members (excludes halogenated alkanes) is 1. The summed E-state index contributed by atoms with van der Waals surface area (Å²) >= 11 is 0. The van der Waals surface area contributed by atoms with Crippen molar-refractivity contribution in [2.75, 3.05) is 45.9 Å². The zero-order valence-electron chi connectivity index (χ0n) is 18.7. The fourth-order valence-corrected chi connectivity index (χ4v) is 3.49. The summed E-state index contributed by atoms with van der Waals surface area (Å²) in [4.78, 5) is 26.9. The van der Waals surface area contributed by atoms with Gasteiger partial charge in [0.05, 0.1) is 19.8 Å². The molecule has 0 spiro atoms. The van der Waals surface area contributed by atoms with Crippen molar-refractivity contribution in [3.63, 3.8) is 0 Å².